The average Bonchev–Trinajstić information content (AvgIpc) is 3.04. The molecule has 4 rings (SSSR count). The normalized spacial score (nSPS) is 10.4. The van der Waals surface area contributed by atoms with E-state index in [0.29, 0.717) is 22.8 Å². The minimum Gasteiger partial charge on any atom is -0.484 e. The van der Waals surface area contributed by atoms with Gasteiger partial charge < -0.3 is 30.1 Å². The van der Waals surface area contributed by atoms with Crippen molar-refractivity contribution in [2.45, 2.75) is 13.8 Å². The van der Waals surface area contributed by atoms with Crippen LogP contribution in [0.3, 0.4) is 0 Å². The van der Waals surface area contributed by atoms with E-state index in [1.807, 2.05) is 68.4 Å². The van der Waals surface area contributed by atoms with Crippen LogP contribution < -0.4 is 30.1 Å². The van der Waals surface area contributed by atoms with Gasteiger partial charge in [0, 0.05) is 42.9 Å². The molecule has 0 saturated carbocycles. The highest BCUT2D eigenvalue weighted by Crippen LogP contribution is 2.23. The number of ether oxygens (including phenoxy) is 1. The number of para-hydroxylation sites is 1. The van der Waals surface area contributed by atoms with Crippen LogP contribution in [0.25, 0.3) is 0 Å². The molecule has 0 aliphatic heterocycles. The van der Waals surface area contributed by atoms with Crippen LogP contribution in [0, 0.1) is 13.8 Å². The first-order valence-electron chi connectivity index (χ1n) is 14.4. The molecule has 0 unspecified atom stereocenters. The molecular formula is C35H37N5O5. The van der Waals surface area contributed by atoms with Crippen LogP contribution in [-0.4, -0.2) is 57.5 Å². The van der Waals surface area contributed by atoms with Crippen molar-refractivity contribution in [3.63, 3.8) is 0 Å². The van der Waals surface area contributed by atoms with Gasteiger partial charge in [-0.1, -0.05) is 48.5 Å². The van der Waals surface area contributed by atoms with Crippen molar-refractivity contribution >= 4 is 46.5 Å². The van der Waals surface area contributed by atoms with Crippen molar-refractivity contribution in [1.82, 2.24) is 5.32 Å². The second kappa shape index (κ2) is 15.2. The molecule has 4 aromatic carbocycles. The van der Waals surface area contributed by atoms with Gasteiger partial charge >= 0.3 is 6.03 Å². The highest BCUT2D eigenvalue weighted by molar-refractivity contribution is 6.05. The van der Waals surface area contributed by atoms with Crippen molar-refractivity contribution < 1.29 is 23.9 Å². The lowest BCUT2D eigenvalue weighted by molar-refractivity contribution is -0.121. The zero-order valence-electron chi connectivity index (χ0n) is 25.8. The minimum atomic E-state index is -0.560. The number of urea groups is 1. The molecule has 0 aliphatic carbocycles. The molecule has 0 atom stereocenters. The fourth-order valence-electron chi connectivity index (χ4n) is 4.47. The number of likely N-dealkylation sites (N-methyl/N-ethyl adjacent to an activating group) is 2. The quantitative estimate of drug-likeness (QED) is 0.245. The first kappa shape index (κ1) is 32.3. The third-order valence-electron chi connectivity index (χ3n) is 7.04. The van der Waals surface area contributed by atoms with Gasteiger partial charge in [-0.2, -0.15) is 0 Å². The Balaban J connectivity index is 1.48. The van der Waals surface area contributed by atoms with Gasteiger partial charge in [-0.3, -0.25) is 14.4 Å². The van der Waals surface area contributed by atoms with Gasteiger partial charge in [-0.05, 0) is 73.5 Å². The van der Waals surface area contributed by atoms with Gasteiger partial charge in [0.05, 0.1) is 6.54 Å². The van der Waals surface area contributed by atoms with E-state index < -0.39 is 11.9 Å². The zero-order valence-corrected chi connectivity index (χ0v) is 25.8. The fraction of sp³-hybridized carbons (Fsp3) is 0.200. The molecule has 0 saturated heterocycles. The minimum absolute atomic E-state index is 0.238. The molecule has 45 heavy (non-hydrogen) atoms. The number of aryl methyl sites for hydroxylation is 2. The van der Waals surface area contributed by atoms with Gasteiger partial charge in [-0.25, -0.2) is 4.79 Å². The molecule has 5 amide bonds. The highest BCUT2D eigenvalue weighted by Gasteiger charge is 2.23. The second-order valence-electron chi connectivity index (χ2n) is 10.5. The van der Waals surface area contributed by atoms with Crippen molar-refractivity contribution in [2.24, 2.45) is 0 Å². The van der Waals surface area contributed by atoms with Crippen molar-refractivity contribution in [2.75, 3.05) is 53.8 Å². The van der Waals surface area contributed by atoms with E-state index in [4.69, 9.17) is 4.74 Å². The molecule has 0 spiro atoms. The van der Waals surface area contributed by atoms with Crippen LogP contribution in [0.4, 0.5) is 27.5 Å². The van der Waals surface area contributed by atoms with E-state index in [9.17, 15) is 19.2 Å². The van der Waals surface area contributed by atoms with Crippen LogP contribution in [0.2, 0.25) is 0 Å². The molecule has 0 heterocycles. The number of hydrogen-bond donors (Lipinski definition) is 2. The van der Waals surface area contributed by atoms with Gasteiger partial charge in [0.1, 0.15) is 12.3 Å². The van der Waals surface area contributed by atoms with E-state index in [0.717, 1.165) is 16.8 Å². The van der Waals surface area contributed by atoms with Crippen molar-refractivity contribution in [3.8, 4) is 5.75 Å². The number of nitrogens with zero attached hydrogens (tertiary/aromatic N) is 3. The van der Waals surface area contributed by atoms with Crippen molar-refractivity contribution in [3.05, 3.63) is 114 Å². The lowest BCUT2D eigenvalue weighted by atomic mass is 10.2. The van der Waals surface area contributed by atoms with Crippen LogP contribution >= 0.6 is 0 Å². The molecule has 10 nitrogen and oxygen atoms in total. The third kappa shape index (κ3) is 9.17. The maximum Gasteiger partial charge on any atom is 0.319 e. The monoisotopic (exact) mass is 607 g/mol. The summed E-state index contributed by atoms with van der Waals surface area (Å²) in [7, 11) is 3.30. The average molecular weight is 608 g/mol. The Bertz CT molecular complexity index is 1660. The predicted octanol–water partition coefficient (Wildman–Crippen LogP) is 5.16. The third-order valence-corrected chi connectivity index (χ3v) is 7.04. The molecule has 0 fully saturated rings. The zero-order chi connectivity index (χ0) is 32.3. The number of carbonyl (C=O) groups excluding carboxylic acids is 4. The summed E-state index contributed by atoms with van der Waals surface area (Å²) in [4.78, 5) is 56.5. The van der Waals surface area contributed by atoms with E-state index in [1.54, 1.807) is 62.6 Å². The van der Waals surface area contributed by atoms with Gasteiger partial charge in [0.25, 0.3) is 5.91 Å². The molecule has 232 valence electrons. The number of nitrogens with one attached hydrogen (secondary N) is 2. The number of hydrogen-bond acceptors (Lipinski definition) is 5. The molecule has 0 radical (unpaired) electrons. The molecule has 0 aliphatic rings. The highest BCUT2D eigenvalue weighted by atomic mass is 16.5. The Hall–Kier alpha value is -5.64. The maximum absolute atomic E-state index is 13.5. The Labute approximate surface area is 263 Å². The summed E-state index contributed by atoms with van der Waals surface area (Å²) in [5.74, 6) is -0.788. The summed E-state index contributed by atoms with van der Waals surface area (Å²) in [5.41, 5.74) is 4.37. The summed E-state index contributed by atoms with van der Waals surface area (Å²) in [6, 6.07) is 29.9. The smallest absolute Gasteiger partial charge is 0.319 e. The van der Waals surface area contributed by atoms with E-state index in [1.165, 1.54) is 14.7 Å². The number of rotatable bonds is 11. The topological polar surface area (TPSA) is 111 Å². The van der Waals surface area contributed by atoms with Gasteiger partial charge in [0.2, 0.25) is 11.8 Å². The molecule has 4 aromatic rings. The summed E-state index contributed by atoms with van der Waals surface area (Å²) in [5, 5.41) is 5.28. The summed E-state index contributed by atoms with van der Waals surface area (Å²) in [6.07, 6.45) is 0. The number of carbonyl (C=O) groups is 4. The largest absolute Gasteiger partial charge is 0.484 e. The van der Waals surface area contributed by atoms with Gasteiger partial charge in [-0.15, -0.1) is 0 Å². The SMILES string of the molecule is Cc1cccc(NC(=O)NCC(=O)N(CC(=O)N(C)c2ccccc2)c2cccc(OCC(=O)N(C)c3cccc(C)c3)c2)c1. The van der Waals surface area contributed by atoms with Crippen LogP contribution in [0.5, 0.6) is 5.75 Å². The maximum atomic E-state index is 13.5. The Morgan fingerprint density at radius 2 is 1.27 bits per heavy atom. The Morgan fingerprint density at radius 1 is 0.644 bits per heavy atom. The lowest BCUT2D eigenvalue weighted by Gasteiger charge is -2.26. The summed E-state index contributed by atoms with van der Waals surface area (Å²) in [6.45, 7) is 2.95. The second-order valence-corrected chi connectivity index (χ2v) is 10.5. The first-order valence-corrected chi connectivity index (χ1v) is 14.4. The number of anilines is 4. The lowest BCUT2D eigenvalue weighted by Crippen LogP contribution is -2.46. The molecule has 2 N–H and O–H groups in total. The standard InChI is InChI=1S/C35H37N5O5/c1-25-11-8-13-27(19-25)37-35(44)36-22-32(41)40(23-33(42)38(3)28-14-6-5-7-15-28)30-17-10-18-31(21-30)45-24-34(43)39(4)29-16-9-12-26(2)20-29/h5-21H,22-24H2,1-4H3,(H2,36,37,44). The van der Waals surface area contributed by atoms with E-state index in [-0.39, 0.29) is 31.5 Å². The first-order chi connectivity index (χ1) is 21.6. The van der Waals surface area contributed by atoms with Crippen molar-refractivity contribution in [1.29, 1.82) is 0 Å². The Morgan fingerprint density at radius 3 is 1.98 bits per heavy atom. The number of amides is 5. The van der Waals surface area contributed by atoms with Gasteiger partial charge in [0.15, 0.2) is 6.61 Å². The Kier molecular flexibility index (Phi) is 10.9. The van der Waals surface area contributed by atoms with Crippen LogP contribution in [0.15, 0.2) is 103 Å². The summed E-state index contributed by atoms with van der Waals surface area (Å²) >= 11 is 0. The molecule has 0 bridgehead atoms. The van der Waals surface area contributed by atoms with Crippen LogP contribution in [-0.2, 0) is 14.4 Å². The molecule has 10 heteroatoms. The molecule has 0 aromatic heterocycles. The summed E-state index contributed by atoms with van der Waals surface area (Å²) < 4.78 is 5.80. The number of benzene rings is 4. The fourth-order valence-corrected chi connectivity index (χ4v) is 4.47. The molecular weight excluding hydrogens is 570 g/mol. The van der Waals surface area contributed by atoms with E-state index in [2.05, 4.69) is 10.6 Å². The predicted molar refractivity (Wildman–Crippen MR) is 177 cm³/mol. The van der Waals surface area contributed by atoms with Crippen LogP contribution in [0.1, 0.15) is 11.1 Å². The van der Waals surface area contributed by atoms with E-state index >= 15 is 0 Å².